The van der Waals surface area contributed by atoms with Crippen LogP contribution in [0.3, 0.4) is 0 Å². The van der Waals surface area contributed by atoms with E-state index < -0.39 is 0 Å². The van der Waals surface area contributed by atoms with E-state index in [9.17, 15) is 4.79 Å². The number of nitrogens with one attached hydrogen (secondary N) is 2. The number of para-hydroxylation sites is 1. The summed E-state index contributed by atoms with van der Waals surface area (Å²) in [6.07, 6.45) is 0. The van der Waals surface area contributed by atoms with Crippen LogP contribution in [-0.2, 0) is 4.79 Å². The Bertz CT molecular complexity index is 658. The van der Waals surface area contributed by atoms with E-state index in [4.69, 9.17) is 0 Å². The van der Waals surface area contributed by atoms with Gasteiger partial charge < -0.3 is 5.32 Å². The van der Waals surface area contributed by atoms with E-state index in [1.165, 1.54) is 0 Å². The fraction of sp³-hybridized carbons (Fsp3) is 0.222. The third-order valence-electron chi connectivity index (χ3n) is 3.45. The van der Waals surface area contributed by atoms with Gasteiger partial charge in [0.05, 0.1) is 12.3 Å². The van der Waals surface area contributed by atoms with Crippen LogP contribution in [0.25, 0.3) is 0 Å². The minimum absolute atomic E-state index is 0.169. The number of nitrogens with zero attached hydrogens (tertiary/aromatic N) is 1. The zero-order chi connectivity index (χ0) is 15.9. The SMILES string of the molecule is C/C(=N\NC(=O)CNc1c(C)cccc1C)c1ccccc1. The summed E-state index contributed by atoms with van der Waals surface area (Å²) in [7, 11) is 0. The number of rotatable bonds is 5. The second-order valence-electron chi connectivity index (χ2n) is 5.22. The van der Waals surface area contributed by atoms with Gasteiger partial charge in [-0.2, -0.15) is 5.10 Å². The zero-order valence-corrected chi connectivity index (χ0v) is 13.2. The van der Waals surface area contributed by atoms with Gasteiger partial charge in [0, 0.05) is 5.69 Å². The zero-order valence-electron chi connectivity index (χ0n) is 13.2. The van der Waals surface area contributed by atoms with Gasteiger partial charge in [0.15, 0.2) is 0 Å². The molecule has 4 heteroatoms. The maximum atomic E-state index is 11.9. The summed E-state index contributed by atoms with van der Waals surface area (Å²) < 4.78 is 0. The Labute approximate surface area is 131 Å². The average Bonchev–Trinajstić information content (AvgIpc) is 2.53. The Morgan fingerprint density at radius 1 is 1.00 bits per heavy atom. The molecule has 0 saturated carbocycles. The predicted molar refractivity (Wildman–Crippen MR) is 91.2 cm³/mol. The molecule has 0 aliphatic rings. The van der Waals surface area contributed by atoms with E-state index in [2.05, 4.69) is 15.8 Å². The third-order valence-corrected chi connectivity index (χ3v) is 3.45. The number of carbonyl (C=O) groups excluding carboxylic acids is 1. The Morgan fingerprint density at radius 3 is 2.27 bits per heavy atom. The number of benzene rings is 2. The normalized spacial score (nSPS) is 11.1. The molecule has 1 amide bonds. The first-order valence-electron chi connectivity index (χ1n) is 7.26. The highest BCUT2D eigenvalue weighted by molar-refractivity contribution is 5.99. The van der Waals surface area contributed by atoms with Crippen molar-refractivity contribution < 1.29 is 4.79 Å². The number of hydrogen-bond acceptors (Lipinski definition) is 3. The molecule has 2 N–H and O–H groups in total. The van der Waals surface area contributed by atoms with Crippen LogP contribution in [0.1, 0.15) is 23.6 Å². The monoisotopic (exact) mass is 295 g/mol. The lowest BCUT2D eigenvalue weighted by Crippen LogP contribution is -2.27. The van der Waals surface area contributed by atoms with Gasteiger partial charge in [-0.3, -0.25) is 4.79 Å². The molecule has 0 aromatic heterocycles. The topological polar surface area (TPSA) is 53.5 Å². The molecule has 0 aliphatic heterocycles. The molecule has 2 rings (SSSR count). The quantitative estimate of drug-likeness (QED) is 0.657. The standard InChI is InChI=1S/C18H21N3O/c1-13-8-7-9-14(2)18(13)19-12-17(22)21-20-15(3)16-10-5-4-6-11-16/h4-11,19H,12H2,1-3H3,(H,21,22)/b20-15+. The summed E-state index contributed by atoms with van der Waals surface area (Å²) >= 11 is 0. The summed E-state index contributed by atoms with van der Waals surface area (Å²) in [5, 5.41) is 7.29. The van der Waals surface area contributed by atoms with Crippen molar-refractivity contribution in [3.63, 3.8) is 0 Å². The van der Waals surface area contributed by atoms with Crippen molar-refractivity contribution in [3.05, 3.63) is 65.2 Å². The van der Waals surface area contributed by atoms with Crippen molar-refractivity contribution in [2.45, 2.75) is 20.8 Å². The summed E-state index contributed by atoms with van der Waals surface area (Å²) in [6.45, 7) is 6.10. The van der Waals surface area contributed by atoms with Crippen LogP contribution in [0.4, 0.5) is 5.69 Å². The molecule has 2 aromatic rings. The van der Waals surface area contributed by atoms with E-state index in [-0.39, 0.29) is 12.5 Å². The summed E-state index contributed by atoms with van der Waals surface area (Å²) in [5.74, 6) is -0.169. The van der Waals surface area contributed by atoms with Gasteiger partial charge >= 0.3 is 0 Å². The van der Waals surface area contributed by atoms with E-state index in [1.807, 2.05) is 69.3 Å². The van der Waals surface area contributed by atoms with Gasteiger partial charge in [-0.15, -0.1) is 0 Å². The molecule has 0 atom stereocenters. The van der Waals surface area contributed by atoms with Crippen LogP contribution in [0.2, 0.25) is 0 Å². The Balaban J connectivity index is 1.91. The van der Waals surface area contributed by atoms with Crippen molar-refractivity contribution in [1.29, 1.82) is 0 Å². The Kier molecular flexibility index (Phi) is 5.31. The molecular formula is C18H21N3O. The maximum absolute atomic E-state index is 11.9. The number of carbonyl (C=O) groups is 1. The fourth-order valence-electron chi connectivity index (χ4n) is 2.19. The number of amides is 1. The second kappa shape index (κ2) is 7.41. The number of aryl methyl sites for hydroxylation is 2. The van der Waals surface area contributed by atoms with Crippen molar-refractivity contribution in [1.82, 2.24) is 5.43 Å². The first kappa shape index (κ1) is 15.8. The average molecular weight is 295 g/mol. The summed E-state index contributed by atoms with van der Waals surface area (Å²) in [5.41, 5.74) is 7.59. The van der Waals surface area contributed by atoms with Crippen LogP contribution in [0.5, 0.6) is 0 Å². The van der Waals surface area contributed by atoms with Crippen molar-refractivity contribution in [2.75, 3.05) is 11.9 Å². The minimum Gasteiger partial charge on any atom is -0.376 e. The van der Waals surface area contributed by atoms with E-state index in [1.54, 1.807) is 0 Å². The molecular weight excluding hydrogens is 274 g/mol. The molecule has 0 spiro atoms. The number of hydrazone groups is 1. The van der Waals surface area contributed by atoms with Gasteiger partial charge in [-0.05, 0) is 37.5 Å². The highest BCUT2D eigenvalue weighted by Crippen LogP contribution is 2.18. The molecule has 2 aromatic carbocycles. The fourth-order valence-corrected chi connectivity index (χ4v) is 2.19. The van der Waals surface area contributed by atoms with E-state index >= 15 is 0 Å². The minimum atomic E-state index is -0.169. The third kappa shape index (κ3) is 4.19. The molecule has 114 valence electrons. The highest BCUT2D eigenvalue weighted by Gasteiger charge is 2.05. The molecule has 0 heterocycles. The van der Waals surface area contributed by atoms with Crippen molar-refractivity contribution in [2.24, 2.45) is 5.10 Å². The van der Waals surface area contributed by atoms with Gasteiger partial charge in [0.1, 0.15) is 0 Å². The molecule has 0 bridgehead atoms. The first-order chi connectivity index (χ1) is 10.6. The highest BCUT2D eigenvalue weighted by atomic mass is 16.2. The summed E-state index contributed by atoms with van der Waals surface area (Å²) in [4.78, 5) is 11.9. The lowest BCUT2D eigenvalue weighted by molar-refractivity contribution is -0.119. The molecule has 0 radical (unpaired) electrons. The lowest BCUT2D eigenvalue weighted by Gasteiger charge is -2.11. The van der Waals surface area contributed by atoms with E-state index in [0.29, 0.717) is 0 Å². The smallest absolute Gasteiger partial charge is 0.259 e. The first-order valence-corrected chi connectivity index (χ1v) is 7.26. The lowest BCUT2D eigenvalue weighted by atomic mass is 10.1. The van der Waals surface area contributed by atoms with Crippen molar-refractivity contribution >= 4 is 17.3 Å². The van der Waals surface area contributed by atoms with Crippen LogP contribution in [0, 0.1) is 13.8 Å². The predicted octanol–water partition coefficient (Wildman–Crippen LogP) is 3.26. The van der Waals surface area contributed by atoms with Crippen LogP contribution in [-0.4, -0.2) is 18.2 Å². The molecule has 0 unspecified atom stereocenters. The largest absolute Gasteiger partial charge is 0.376 e. The van der Waals surface area contributed by atoms with Crippen LogP contribution in [0.15, 0.2) is 53.6 Å². The van der Waals surface area contributed by atoms with Crippen molar-refractivity contribution in [3.8, 4) is 0 Å². The van der Waals surface area contributed by atoms with Crippen LogP contribution >= 0.6 is 0 Å². The maximum Gasteiger partial charge on any atom is 0.259 e. The number of anilines is 1. The molecule has 4 nitrogen and oxygen atoms in total. The van der Waals surface area contributed by atoms with E-state index in [0.717, 1.165) is 28.1 Å². The Morgan fingerprint density at radius 2 is 1.64 bits per heavy atom. The Hall–Kier alpha value is -2.62. The van der Waals surface area contributed by atoms with Gasteiger partial charge in [0.25, 0.3) is 5.91 Å². The number of hydrogen-bond donors (Lipinski definition) is 2. The molecule has 0 saturated heterocycles. The second-order valence-corrected chi connectivity index (χ2v) is 5.22. The van der Waals surface area contributed by atoms with Gasteiger partial charge in [-0.1, -0.05) is 48.5 Å². The summed E-state index contributed by atoms with van der Waals surface area (Å²) in [6, 6.07) is 15.8. The molecule has 0 fully saturated rings. The van der Waals surface area contributed by atoms with Crippen LogP contribution < -0.4 is 10.7 Å². The van der Waals surface area contributed by atoms with Gasteiger partial charge in [-0.25, -0.2) is 5.43 Å². The molecule has 22 heavy (non-hydrogen) atoms. The van der Waals surface area contributed by atoms with Gasteiger partial charge in [0.2, 0.25) is 0 Å². The molecule has 0 aliphatic carbocycles.